The Labute approximate surface area is 99.7 Å². The SMILES string of the molecule is CCCC(C(=O)O)c1ccc(CN=[N+]=[N-])cc1. The number of nitrogens with zero attached hydrogens (tertiary/aromatic N) is 3. The highest BCUT2D eigenvalue weighted by Gasteiger charge is 2.18. The molecule has 0 bridgehead atoms. The summed E-state index contributed by atoms with van der Waals surface area (Å²) >= 11 is 0. The standard InChI is InChI=1S/C12H15N3O2/c1-2-3-11(12(16)17)10-6-4-9(5-7-10)8-14-15-13/h4-7,11H,2-3,8H2,1H3,(H,16,17). The van der Waals surface area contributed by atoms with E-state index in [9.17, 15) is 4.79 Å². The van der Waals surface area contributed by atoms with Crippen LogP contribution in [0.15, 0.2) is 29.4 Å². The van der Waals surface area contributed by atoms with E-state index in [1.54, 1.807) is 24.3 Å². The summed E-state index contributed by atoms with van der Waals surface area (Å²) in [5, 5.41) is 12.6. The van der Waals surface area contributed by atoms with Crippen LogP contribution in [0.4, 0.5) is 0 Å². The molecule has 0 fully saturated rings. The maximum atomic E-state index is 11.1. The van der Waals surface area contributed by atoms with Gasteiger partial charge in [0.25, 0.3) is 0 Å². The van der Waals surface area contributed by atoms with Crippen LogP contribution in [-0.4, -0.2) is 11.1 Å². The van der Waals surface area contributed by atoms with Gasteiger partial charge in [0.05, 0.1) is 12.5 Å². The second kappa shape index (κ2) is 6.55. The van der Waals surface area contributed by atoms with Crippen LogP contribution >= 0.6 is 0 Å². The number of hydrogen-bond acceptors (Lipinski definition) is 2. The van der Waals surface area contributed by atoms with Crippen molar-refractivity contribution in [2.45, 2.75) is 32.2 Å². The third-order valence-corrected chi connectivity index (χ3v) is 2.57. The fraction of sp³-hybridized carbons (Fsp3) is 0.417. The highest BCUT2D eigenvalue weighted by Crippen LogP contribution is 2.22. The summed E-state index contributed by atoms with van der Waals surface area (Å²) < 4.78 is 0. The van der Waals surface area contributed by atoms with Crippen LogP contribution in [-0.2, 0) is 11.3 Å². The zero-order valence-electron chi connectivity index (χ0n) is 9.71. The maximum absolute atomic E-state index is 11.1. The molecule has 0 aliphatic heterocycles. The Kier molecular flexibility index (Phi) is 5.04. The van der Waals surface area contributed by atoms with Gasteiger partial charge in [-0.2, -0.15) is 0 Å². The molecule has 5 heteroatoms. The molecule has 1 aromatic rings. The Hall–Kier alpha value is -2.00. The van der Waals surface area contributed by atoms with Gasteiger partial charge in [-0.25, -0.2) is 0 Å². The van der Waals surface area contributed by atoms with Crippen LogP contribution in [0.5, 0.6) is 0 Å². The molecule has 0 amide bonds. The minimum absolute atomic E-state index is 0.294. The Bertz CT molecular complexity index is 422. The van der Waals surface area contributed by atoms with Gasteiger partial charge in [-0.05, 0) is 23.1 Å². The van der Waals surface area contributed by atoms with Crippen LogP contribution in [0.3, 0.4) is 0 Å². The minimum Gasteiger partial charge on any atom is -0.481 e. The number of carbonyl (C=O) groups is 1. The number of carboxylic acid groups (broad SMARTS) is 1. The van der Waals surface area contributed by atoms with E-state index < -0.39 is 11.9 Å². The summed E-state index contributed by atoms with van der Waals surface area (Å²) in [6.07, 6.45) is 1.46. The van der Waals surface area contributed by atoms with Crippen molar-refractivity contribution in [2.24, 2.45) is 5.11 Å². The molecule has 0 aliphatic carbocycles. The highest BCUT2D eigenvalue weighted by molar-refractivity contribution is 5.76. The lowest BCUT2D eigenvalue weighted by atomic mass is 9.94. The van der Waals surface area contributed by atoms with Gasteiger partial charge in [-0.15, -0.1) is 0 Å². The van der Waals surface area contributed by atoms with E-state index >= 15 is 0 Å². The average Bonchev–Trinajstić information content (AvgIpc) is 2.34. The molecule has 0 saturated carbocycles. The molecule has 5 nitrogen and oxygen atoms in total. The summed E-state index contributed by atoms with van der Waals surface area (Å²) in [5.41, 5.74) is 9.87. The van der Waals surface area contributed by atoms with Crippen molar-refractivity contribution < 1.29 is 9.90 Å². The van der Waals surface area contributed by atoms with Crippen LogP contribution in [0.2, 0.25) is 0 Å². The van der Waals surface area contributed by atoms with Crippen molar-refractivity contribution in [1.82, 2.24) is 0 Å². The van der Waals surface area contributed by atoms with Crippen LogP contribution < -0.4 is 0 Å². The molecule has 0 spiro atoms. The largest absolute Gasteiger partial charge is 0.481 e. The van der Waals surface area contributed by atoms with Gasteiger partial charge in [0, 0.05) is 4.91 Å². The molecule has 1 N–H and O–H groups in total. The number of aliphatic carboxylic acids is 1. The van der Waals surface area contributed by atoms with Gasteiger partial charge in [-0.1, -0.05) is 42.7 Å². The lowest BCUT2D eigenvalue weighted by Crippen LogP contribution is -2.11. The number of benzene rings is 1. The first-order chi connectivity index (χ1) is 8.19. The van der Waals surface area contributed by atoms with Gasteiger partial charge >= 0.3 is 5.97 Å². The molecule has 90 valence electrons. The van der Waals surface area contributed by atoms with Crippen molar-refractivity contribution in [1.29, 1.82) is 0 Å². The first kappa shape index (κ1) is 13.1. The van der Waals surface area contributed by atoms with Crippen LogP contribution in [0.25, 0.3) is 10.4 Å². The predicted molar refractivity (Wildman–Crippen MR) is 64.6 cm³/mol. The van der Waals surface area contributed by atoms with E-state index in [4.69, 9.17) is 10.6 Å². The molecule has 1 rings (SSSR count). The molecular weight excluding hydrogens is 218 g/mol. The maximum Gasteiger partial charge on any atom is 0.310 e. The van der Waals surface area contributed by atoms with E-state index in [2.05, 4.69) is 10.0 Å². The van der Waals surface area contributed by atoms with Gasteiger partial charge < -0.3 is 5.11 Å². The van der Waals surface area contributed by atoms with Crippen molar-refractivity contribution >= 4 is 5.97 Å². The first-order valence-corrected chi connectivity index (χ1v) is 5.51. The average molecular weight is 233 g/mol. The van der Waals surface area contributed by atoms with Crippen LogP contribution in [0.1, 0.15) is 36.8 Å². The van der Waals surface area contributed by atoms with Crippen LogP contribution in [0, 0.1) is 0 Å². The number of rotatable bonds is 6. The molecule has 0 heterocycles. The van der Waals surface area contributed by atoms with E-state index in [1.165, 1.54) is 0 Å². The third-order valence-electron chi connectivity index (χ3n) is 2.57. The van der Waals surface area contributed by atoms with Crippen molar-refractivity contribution in [2.75, 3.05) is 0 Å². The van der Waals surface area contributed by atoms with Gasteiger partial charge in [-0.3, -0.25) is 4.79 Å². The Morgan fingerprint density at radius 2 is 2.12 bits per heavy atom. The van der Waals surface area contributed by atoms with Gasteiger partial charge in [0.15, 0.2) is 0 Å². The number of azide groups is 1. The zero-order valence-corrected chi connectivity index (χ0v) is 9.71. The van der Waals surface area contributed by atoms with E-state index in [1.807, 2.05) is 6.92 Å². The number of hydrogen-bond donors (Lipinski definition) is 1. The lowest BCUT2D eigenvalue weighted by Gasteiger charge is -2.11. The molecule has 17 heavy (non-hydrogen) atoms. The molecule has 0 aliphatic rings. The summed E-state index contributed by atoms with van der Waals surface area (Å²) in [6.45, 7) is 2.26. The van der Waals surface area contributed by atoms with Crippen molar-refractivity contribution in [3.8, 4) is 0 Å². The van der Waals surface area contributed by atoms with E-state index in [0.717, 1.165) is 17.5 Å². The van der Waals surface area contributed by atoms with Crippen molar-refractivity contribution in [3.63, 3.8) is 0 Å². The van der Waals surface area contributed by atoms with E-state index in [-0.39, 0.29) is 0 Å². The molecule has 0 aromatic heterocycles. The Balaban J connectivity index is 2.83. The monoisotopic (exact) mass is 233 g/mol. The minimum atomic E-state index is -0.797. The van der Waals surface area contributed by atoms with Gasteiger partial charge in [0.1, 0.15) is 0 Å². The molecule has 1 atom stereocenters. The van der Waals surface area contributed by atoms with Crippen molar-refractivity contribution in [3.05, 3.63) is 45.8 Å². The Morgan fingerprint density at radius 3 is 2.59 bits per heavy atom. The Morgan fingerprint density at radius 1 is 1.47 bits per heavy atom. The predicted octanol–water partition coefficient (Wildman–Crippen LogP) is 3.47. The molecule has 1 aromatic carbocycles. The second-order valence-corrected chi connectivity index (χ2v) is 3.81. The molecule has 0 saturated heterocycles. The smallest absolute Gasteiger partial charge is 0.310 e. The zero-order chi connectivity index (χ0) is 12.7. The third kappa shape index (κ3) is 3.81. The second-order valence-electron chi connectivity index (χ2n) is 3.81. The quantitative estimate of drug-likeness (QED) is 0.463. The van der Waals surface area contributed by atoms with Gasteiger partial charge in [0.2, 0.25) is 0 Å². The number of carboxylic acids is 1. The summed E-state index contributed by atoms with van der Waals surface area (Å²) in [6, 6.07) is 7.18. The fourth-order valence-electron chi connectivity index (χ4n) is 1.69. The summed E-state index contributed by atoms with van der Waals surface area (Å²) in [4.78, 5) is 13.8. The molecule has 0 radical (unpaired) electrons. The fourth-order valence-corrected chi connectivity index (χ4v) is 1.69. The topological polar surface area (TPSA) is 86.1 Å². The lowest BCUT2D eigenvalue weighted by molar-refractivity contribution is -0.139. The first-order valence-electron chi connectivity index (χ1n) is 5.51. The van der Waals surface area contributed by atoms with E-state index in [0.29, 0.717) is 13.0 Å². The normalized spacial score (nSPS) is 11.6. The summed E-state index contributed by atoms with van der Waals surface area (Å²) in [5.74, 6) is -1.25. The summed E-state index contributed by atoms with van der Waals surface area (Å²) in [7, 11) is 0. The highest BCUT2D eigenvalue weighted by atomic mass is 16.4. The molecular formula is C12H15N3O2. The molecule has 1 unspecified atom stereocenters.